The van der Waals surface area contributed by atoms with Gasteiger partial charge in [0.25, 0.3) is 0 Å². The van der Waals surface area contributed by atoms with Crippen molar-refractivity contribution in [2.24, 2.45) is 0 Å². The summed E-state index contributed by atoms with van der Waals surface area (Å²) in [6, 6.07) is 5.38. The van der Waals surface area contributed by atoms with Crippen LogP contribution in [0.1, 0.15) is 0 Å². The van der Waals surface area contributed by atoms with E-state index >= 15 is 0 Å². The number of nitrogens with zero attached hydrogens (tertiary/aromatic N) is 2. The van der Waals surface area contributed by atoms with Gasteiger partial charge in [-0.15, -0.1) is 0 Å². The molecule has 3 aromatic heterocycles. The van der Waals surface area contributed by atoms with Crippen molar-refractivity contribution >= 4 is 26.7 Å². The van der Waals surface area contributed by atoms with Crippen LogP contribution in [-0.4, -0.2) is 29.8 Å². The molecule has 0 aliphatic carbocycles. The highest BCUT2D eigenvalue weighted by Gasteiger charge is 2.21. The normalized spacial score (nSPS) is 11.8. The average Bonchev–Trinajstić information content (AvgIpc) is 3.22. The summed E-state index contributed by atoms with van der Waals surface area (Å²) in [7, 11) is -3.48. The number of aromatic nitrogens is 3. The summed E-state index contributed by atoms with van der Waals surface area (Å²) >= 11 is 0. The van der Waals surface area contributed by atoms with Gasteiger partial charge < -0.3 is 9.51 Å². The zero-order valence-corrected chi connectivity index (χ0v) is 14.6. The molecule has 10 heteroatoms. The van der Waals surface area contributed by atoms with E-state index in [-0.39, 0.29) is 22.6 Å². The van der Waals surface area contributed by atoms with Crippen LogP contribution in [-0.2, 0) is 10.0 Å². The Morgan fingerprint density at radius 1 is 1.15 bits per heavy atom. The summed E-state index contributed by atoms with van der Waals surface area (Å²) in [5.41, 5.74) is 1.45. The highest BCUT2D eigenvalue weighted by Crippen LogP contribution is 2.37. The number of halogens is 2. The van der Waals surface area contributed by atoms with Crippen molar-refractivity contribution in [2.75, 3.05) is 11.0 Å². The molecule has 0 atom stereocenters. The molecule has 0 unspecified atom stereocenters. The second-order valence-corrected chi connectivity index (χ2v) is 7.62. The smallest absolute Gasteiger partial charge is 0.229 e. The maximum atomic E-state index is 14.2. The molecule has 2 N–H and O–H groups in total. The van der Waals surface area contributed by atoms with Crippen molar-refractivity contribution in [2.45, 2.75) is 0 Å². The number of hydrogen-bond acceptors (Lipinski definition) is 5. The average molecular weight is 390 g/mol. The van der Waals surface area contributed by atoms with Gasteiger partial charge in [0, 0.05) is 22.7 Å². The summed E-state index contributed by atoms with van der Waals surface area (Å²) in [6.45, 7) is 0. The maximum Gasteiger partial charge on any atom is 0.229 e. The van der Waals surface area contributed by atoms with Crippen LogP contribution in [0.3, 0.4) is 0 Å². The van der Waals surface area contributed by atoms with Gasteiger partial charge in [-0.25, -0.2) is 22.2 Å². The van der Waals surface area contributed by atoms with Crippen molar-refractivity contribution in [1.82, 2.24) is 15.1 Å². The SMILES string of the molecule is CS(=O)(=O)Nc1cnc2[nH]cc(-c3oncc3-c3cccc(F)c3F)c2c1. The Hall–Kier alpha value is -3.27. The molecule has 0 saturated heterocycles. The predicted molar refractivity (Wildman–Crippen MR) is 95.4 cm³/mol. The Kier molecular flexibility index (Phi) is 3.92. The van der Waals surface area contributed by atoms with Gasteiger partial charge in [0.15, 0.2) is 17.4 Å². The monoisotopic (exact) mass is 390 g/mol. The molecule has 27 heavy (non-hydrogen) atoms. The van der Waals surface area contributed by atoms with Crippen LogP contribution >= 0.6 is 0 Å². The van der Waals surface area contributed by atoms with Crippen molar-refractivity contribution in [3.8, 4) is 22.5 Å². The van der Waals surface area contributed by atoms with Crippen LogP contribution in [0.25, 0.3) is 33.5 Å². The van der Waals surface area contributed by atoms with E-state index in [0.717, 1.165) is 12.3 Å². The fraction of sp³-hybridized carbons (Fsp3) is 0.0588. The first-order chi connectivity index (χ1) is 12.8. The first-order valence-electron chi connectivity index (χ1n) is 7.68. The summed E-state index contributed by atoms with van der Waals surface area (Å²) in [5.74, 6) is -1.80. The third-order valence-electron chi connectivity index (χ3n) is 3.89. The number of H-pyrrole nitrogens is 1. The quantitative estimate of drug-likeness (QED) is 0.555. The van der Waals surface area contributed by atoms with Gasteiger partial charge in [0.05, 0.1) is 29.9 Å². The van der Waals surface area contributed by atoms with Gasteiger partial charge in [-0.3, -0.25) is 4.72 Å². The third kappa shape index (κ3) is 3.14. The molecule has 0 radical (unpaired) electrons. The Labute approximate surface area is 152 Å². The van der Waals surface area contributed by atoms with Gasteiger partial charge in [-0.1, -0.05) is 17.3 Å². The number of benzene rings is 1. The molecule has 138 valence electrons. The second-order valence-electron chi connectivity index (χ2n) is 5.87. The fourth-order valence-corrected chi connectivity index (χ4v) is 3.34. The van der Waals surface area contributed by atoms with Crippen molar-refractivity contribution in [1.29, 1.82) is 0 Å². The standard InChI is InChI=1S/C17H12F2N4O3S/c1-27(24,25)23-9-5-11-12(7-21-17(11)20-6-9)16-13(8-22-26-16)10-3-2-4-14(18)15(10)19/h2-8,23H,1H3,(H,20,21). The fourth-order valence-electron chi connectivity index (χ4n) is 2.80. The second kappa shape index (κ2) is 6.16. The van der Waals surface area contributed by atoms with Gasteiger partial charge in [-0.2, -0.15) is 0 Å². The highest BCUT2D eigenvalue weighted by molar-refractivity contribution is 7.92. The van der Waals surface area contributed by atoms with Gasteiger partial charge in [0.2, 0.25) is 10.0 Å². The molecule has 4 rings (SSSR count). The summed E-state index contributed by atoms with van der Waals surface area (Å²) in [6.07, 6.45) is 5.24. The Bertz CT molecular complexity index is 1260. The van der Waals surface area contributed by atoms with Crippen molar-refractivity contribution in [3.63, 3.8) is 0 Å². The van der Waals surface area contributed by atoms with Gasteiger partial charge >= 0.3 is 0 Å². The lowest BCUT2D eigenvalue weighted by Gasteiger charge is -2.05. The molecule has 0 saturated carbocycles. The minimum atomic E-state index is -3.48. The molecule has 0 bridgehead atoms. The van der Waals surface area contributed by atoms with Crippen LogP contribution in [0.2, 0.25) is 0 Å². The van der Waals surface area contributed by atoms with Gasteiger partial charge in [-0.05, 0) is 12.1 Å². The van der Waals surface area contributed by atoms with E-state index in [0.29, 0.717) is 16.6 Å². The molecule has 3 heterocycles. The molecular formula is C17H12F2N4O3S. The first-order valence-corrected chi connectivity index (χ1v) is 9.57. The number of sulfonamides is 1. The number of fused-ring (bicyclic) bond motifs is 1. The molecular weight excluding hydrogens is 378 g/mol. The molecule has 0 amide bonds. The lowest BCUT2D eigenvalue weighted by atomic mass is 10.0. The largest absolute Gasteiger partial charge is 0.356 e. The Morgan fingerprint density at radius 2 is 1.96 bits per heavy atom. The van der Waals surface area contributed by atoms with E-state index in [1.807, 2.05) is 0 Å². The molecule has 0 aliphatic rings. The zero-order valence-electron chi connectivity index (χ0n) is 13.8. The summed E-state index contributed by atoms with van der Waals surface area (Å²) in [4.78, 5) is 7.08. The molecule has 4 aromatic rings. The number of rotatable bonds is 4. The maximum absolute atomic E-state index is 14.2. The van der Waals surface area contributed by atoms with Crippen molar-refractivity contribution < 1.29 is 21.7 Å². The van der Waals surface area contributed by atoms with Crippen LogP contribution in [0.15, 0.2) is 47.4 Å². The lowest BCUT2D eigenvalue weighted by Crippen LogP contribution is -2.09. The molecule has 0 aliphatic heterocycles. The number of nitrogens with one attached hydrogen (secondary N) is 2. The minimum absolute atomic E-state index is 0.000949. The number of pyridine rings is 1. The number of aromatic amines is 1. The van der Waals surface area contributed by atoms with E-state index in [1.54, 1.807) is 12.3 Å². The van der Waals surface area contributed by atoms with E-state index in [9.17, 15) is 17.2 Å². The molecule has 0 fully saturated rings. The lowest BCUT2D eigenvalue weighted by molar-refractivity contribution is 0.432. The topological polar surface area (TPSA) is 101 Å². The van der Waals surface area contributed by atoms with Crippen LogP contribution in [0, 0.1) is 11.6 Å². The van der Waals surface area contributed by atoms with Gasteiger partial charge in [0.1, 0.15) is 5.65 Å². The van der Waals surface area contributed by atoms with Crippen molar-refractivity contribution in [3.05, 3.63) is 54.5 Å². The van der Waals surface area contributed by atoms with E-state index in [2.05, 4.69) is 19.8 Å². The van der Waals surface area contributed by atoms with Crippen LogP contribution < -0.4 is 4.72 Å². The Morgan fingerprint density at radius 3 is 2.74 bits per heavy atom. The number of anilines is 1. The summed E-state index contributed by atoms with van der Waals surface area (Å²) < 4.78 is 58.3. The van der Waals surface area contributed by atoms with E-state index in [4.69, 9.17) is 4.52 Å². The predicted octanol–water partition coefficient (Wildman–Crippen LogP) is 3.53. The first kappa shape index (κ1) is 17.2. The number of hydrogen-bond donors (Lipinski definition) is 2. The molecule has 0 spiro atoms. The Balaban J connectivity index is 1.88. The van der Waals surface area contributed by atoms with E-state index in [1.165, 1.54) is 24.5 Å². The molecule has 1 aromatic carbocycles. The summed E-state index contributed by atoms with van der Waals surface area (Å²) in [5, 5.41) is 4.23. The third-order valence-corrected chi connectivity index (χ3v) is 4.50. The van der Waals surface area contributed by atoms with E-state index < -0.39 is 21.7 Å². The minimum Gasteiger partial charge on any atom is -0.356 e. The van der Waals surface area contributed by atoms with Crippen LogP contribution in [0.4, 0.5) is 14.5 Å². The highest BCUT2D eigenvalue weighted by atomic mass is 32.2. The molecule has 7 nitrogen and oxygen atoms in total. The van der Waals surface area contributed by atoms with Crippen LogP contribution in [0.5, 0.6) is 0 Å². The zero-order chi connectivity index (χ0) is 19.2.